The first-order valence-corrected chi connectivity index (χ1v) is 6.90. The van der Waals surface area contributed by atoms with Crippen molar-refractivity contribution in [2.75, 3.05) is 0 Å². The van der Waals surface area contributed by atoms with Gasteiger partial charge in [0.15, 0.2) is 0 Å². The Labute approximate surface area is 110 Å². The number of fused-ring (bicyclic) bond motifs is 1. The molecule has 0 saturated heterocycles. The smallest absolute Gasteiger partial charge is 0.0282 e. The number of hydrazine groups is 1. The maximum absolute atomic E-state index is 5.77. The summed E-state index contributed by atoms with van der Waals surface area (Å²) >= 11 is 0. The highest BCUT2D eigenvalue weighted by Crippen LogP contribution is 2.35. The Hall–Kier alpha value is -1.12. The van der Waals surface area contributed by atoms with E-state index < -0.39 is 0 Å². The lowest BCUT2D eigenvalue weighted by Gasteiger charge is -2.32. The lowest BCUT2D eigenvalue weighted by molar-refractivity contribution is 0.378. The van der Waals surface area contributed by atoms with Crippen LogP contribution in [0, 0.1) is 0 Å². The van der Waals surface area contributed by atoms with Crippen molar-refractivity contribution in [3.05, 3.63) is 47.5 Å². The maximum Gasteiger partial charge on any atom is 0.0282 e. The minimum Gasteiger partial charge on any atom is -0.271 e. The topological polar surface area (TPSA) is 38.0 Å². The van der Waals surface area contributed by atoms with Crippen molar-refractivity contribution in [3.8, 4) is 0 Å². The van der Waals surface area contributed by atoms with Gasteiger partial charge in [-0.25, -0.2) is 0 Å². The van der Waals surface area contributed by atoms with E-state index in [4.69, 9.17) is 5.84 Å². The monoisotopic (exact) mass is 244 g/mol. The van der Waals surface area contributed by atoms with Gasteiger partial charge >= 0.3 is 0 Å². The number of hydrogen-bond acceptors (Lipinski definition) is 2. The summed E-state index contributed by atoms with van der Waals surface area (Å²) in [4.78, 5) is 0. The number of nitrogens with one attached hydrogen (secondary N) is 1. The van der Waals surface area contributed by atoms with Gasteiger partial charge in [0, 0.05) is 12.0 Å². The third kappa shape index (κ3) is 3.01. The van der Waals surface area contributed by atoms with Crippen LogP contribution in [0.5, 0.6) is 0 Å². The van der Waals surface area contributed by atoms with Gasteiger partial charge in [-0.3, -0.25) is 11.3 Å². The van der Waals surface area contributed by atoms with Crippen molar-refractivity contribution in [3.63, 3.8) is 0 Å². The van der Waals surface area contributed by atoms with E-state index in [-0.39, 0.29) is 0 Å². The standard InChI is InChI=1S/C16H24N2/c1-12(2)10-11-16(18-17)15-9-5-7-13-6-3-4-8-14(13)15/h3-4,6,8,15-16,18H,1,5,7,9-11,17H2,2H3. The second-order valence-electron chi connectivity index (χ2n) is 5.47. The maximum atomic E-state index is 5.77. The zero-order valence-electron chi connectivity index (χ0n) is 11.3. The van der Waals surface area contributed by atoms with Gasteiger partial charge in [0.05, 0.1) is 0 Å². The molecule has 2 heteroatoms. The highest BCUT2D eigenvalue weighted by molar-refractivity contribution is 5.33. The molecule has 2 nitrogen and oxygen atoms in total. The van der Waals surface area contributed by atoms with E-state index in [0.717, 1.165) is 12.8 Å². The molecule has 2 atom stereocenters. The Bertz CT molecular complexity index is 411. The minimum absolute atomic E-state index is 0.364. The van der Waals surface area contributed by atoms with Crippen LogP contribution < -0.4 is 11.3 Å². The third-order valence-corrected chi connectivity index (χ3v) is 4.00. The van der Waals surface area contributed by atoms with Gasteiger partial charge in [0.25, 0.3) is 0 Å². The molecular weight excluding hydrogens is 220 g/mol. The fourth-order valence-electron chi connectivity index (χ4n) is 3.01. The molecule has 98 valence electrons. The molecule has 2 unspecified atom stereocenters. The Morgan fingerprint density at radius 3 is 3.00 bits per heavy atom. The van der Waals surface area contributed by atoms with Crippen molar-refractivity contribution >= 4 is 0 Å². The molecule has 0 bridgehead atoms. The Kier molecular flexibility index (Phi) is 4.56. The average molecular weight is 244 g/mol. The van der Waals surface area contributed by atoms with Crippen LogP contribution in [-0.4, -0.2) is 6.04 Å². The zero-order valence-corrected chi connectivity index (χ0v) is 11.3. The van der Waals surface area contributed by atoms with E-state index >= 15 is 0 Å². The fourth-order valence-corrected chi connectivity index (χ4v) is 3.01. The lowest BCUT2D eigenvalue weighted by atomic mass is 9.77. The van der Waals surface area contributed by atoms with Gasteiger partial charge in [-0.05, 0) is 50.2 Å². The van der Waals surface area contributed by atoms with Gasteiger partial charge in [0.1, 0.15) is 0 Å². The number of nitrogens with two attached hydrogens (primary N) is 1. The summed E-state index contributed by atoms with van der Waals surface area (Å²) in [5.74, 6) is 6.32. The largest absolute Gasteiger partial charge is 0.271 e. The van der Waals surface area contributed by atoms with Crippen LogP contribution in [0.3, 0.4) is 0 Å². The van der Waals surface area contributed by atoms with Crippen molar-refractivity contribution in [2.45, 2.75) is 51.0 Å². The van der Waals surface area contributed by atoms with Crippen molar-refractivity contribution in [2.24, 2.45) is 5.84 Å². The van der Waals surface area contributed by atoms with Crippen LogP contribution in [0.2, 0.25) is 0 Å². The first-order valence-electron chi connectivity index (χ1n) is 6.90. The molecule has 1 aromatic rings. The molecule has 1 aliphatic rings. The number of benzene rings is 1. The van der Waals surface area contributed by atoms with Crippen molar-refractivity contribution in [1.82, 2.24) is 5.43 Å². The molecule has 2 rings (SSSR count). The van der Waals surface area contributed by atoms with Gasteiger partial charge in [-0.1, -0.05) is 29.8 Å². The minimum atomic E-state index is 0.364. The molecule has 1 aliphatic carbocycles. The van der Waals surface area contributed by atoms with E-state index in [9.17, 15) is 0 Å². The van der Waals surface area contributed by atoms with Gasteiger partial charge in [-0.2, -0.15) is 0 Å². The van der Waals surface area contributed by atoms with E-state index in [1.54, 1.807) is 0 Å². The molecule has 1 aromatic carbocycles. The predicted octanol–water partition coefficient (Wildman–Crippen LogP) is 3.29. The Morgan fingerprint density at radius 1 is 1.50 bits per heavy atom. The summed E-state index contributed by atoms with van der Waals surface area (Å²) in [5.41, 5.74) is 7.26. The molecule has 3 N–H and O–H groups in total. The second-order valence-corrected chi connectivity index (χ2v) is 5.47. The van der Waals surface area contributed by atoms with Crippen LogP contribution in [0.25, 0.3) is 0 Å². The van der Waals surface area contributed by atoms with Gasteiger partial charge < -0.3 is 0 Å². The molecule has 0 amide bonds. The summed E-state index contributed by atoms with van der Waals surface area (Å²) in [7, 11) is 0. The summed E-state index contributed by atoms with van der Waals surface area (Å²) in [6, 6.07) is 9.17. The van der Waals surface area contributed by atoms with E-state index in [0.29, 0.717) is 12.0 Å². The second kappa shape index (κ2) is 6.17. The molecule has 0 aliphatic heterocycles. The number of rotatable bonds is 5. The van der Waals surface area contributed by atoms with Crippen molar-refractivity contribution in [1.29, 1.82) is 0 Å². The molecule has 0 spiro atoms. The Balaban J connectivity index is 2.14. The van der Waals surface area contributed by atoms with Gasteiger partial charge in [0.2, 0.25) is 0 Å². The number of aryl methyl sites for hydroxylation is 1. The summed E-state index contributed by atoms with van der Waals surface area (Å²) in [6.07, 6.45) is 5.85. The first kappa shape index (κ1) is 13.3. The van der Waals surface area contributed by atoms with Gasteiger partial charge in [-0.15, -0.1) is 6.58 Å². The molecule has 0 radical (unpaired) electrons. The van der Waals surface area contributed by atoms with Crippen LogP contribution in [-0.2, 0) is 6.42 Å². The van der Waals surface area contributed by atoms with Crippen LogP contribution in [0.15, 0.2) is 36.4 Å². The van der Waals surface area contributed by atoms with Crippen LogP contribution in [0.4, 0.5) is 0 Å². The summed E-state index contributed by atoms with van der Waals surface area (Å²) in [6.45, 7) is 6.07. The van der Waals surface area contributed by atoms with E-state index in [1.807, 2.05) is 0 Å². The van der Waals surface area contributed by atoms with Crippen molar-refractivity contribution < 1.29 is 0 Å². The number of hydrogen-bond donors (Lipinski definition) is 2. The fraction of sp³-hybridized carbons (Fsp3) is 0.500. The Morgan fingerprint density at radius 2 is 2.28 bits per heavy atom. The van der Waals surface area contributed by atoms with E-state index in [1.165, 1.54) is 36.0 Å². The van der Waals surface area contributed by atoms with Crippen LogP contribution in [0.1, 0.15) is 49.7 Å². The third-order valence-electron chi connectivity index (χ3n) is 4.00. The highest BCUT2D eigenvalue weighted by Gasteiger charge is 2.26. The zero-order chi connectivity index (χ0) is 13.0. The van der Waals surface area contributed by atoms with Crippen LogP contribution >= 0.6 is 0 Å². The van der Waals surface area contributed by atoms with E-state index in [2.05, 4.69) is 43.2 Å². The summed E-state index contributed by atoms with van der Waals surface area (Å²) < 4.78 is 0. The SMILES string of the molecule is C=C(C)CCC(NN)C1CCCc2ccccc21. The lowest BCUT2D eigenvalue weighted by Crippen LogP contribution is -2.41. The predicted molar refractivity (Wildman–Crippen MR) is 77.3 cm³/mol. The summed E-state index contributed by atoms with van der Waals surface area (Å²) in [5, 5.41) is 0. The number of allylic oxidation sites excluding steroid dienone is 1. The molecule has 0 heterocycles. The first-order chi connectivity index (χ1) is 8.72. The molecule has 18 heavy (non-hydrogen) atoms. The average Bonchev–Trinajstić information content (AvgIpc) is 2.39. The highest BCUT2D eigenvalue weighted by atomic mass is 15.2. The normalized spacial score (nSPS) is 20.2. The molecule has 0 aromatic heterocycles. The molecule has 0 fully saturated rings. The molecular formula is C16H24N2. The quantitative estimate of drug-likeness (QED) is 0.474. The molecule has 0 saturated carbocycles.